The molecular weight excluding hydrogens is 428 g/mol. The number of fused-ring (bicyclic) bond motifs is 1. The largest absolute Gasteiger partial charge is 0.454 e. The van der Waals surface area contributed by atoms with Gasteiger partial charge in [-0.1, -0.05) is 34.1 Å². The third kappa shape index (κ3) is 4.14. The molecule has 1 aromatic heterocycles. The van der Waals surface area contributed by atoms with Gasteiger partial charge in [0, 0.05) is 29.0 Å². The minimum Gasteiger partial charge on any atom is -0.454 e. The maximum Gasteiger partial charge on any atom is 0.231 e. The van der Waals surface area contributed by atoms with E-state index in [1.807, 2.05) is 47.8 Å². The number of carbonyl (C=O) groups excluding carboxylic acids is 1. The molecule has 0 spiro atoms. The average Bonchev–Trinajstić information content (AvgIpc) is 3.30. The number of amides is 1. The van der Waals surface area contributed by atoms with E-state index >= 15 is 0 Å². The standard InChI is InChI=1S/C20H17BrN2O3S/c1-23(10-13-5-6-17-18(7-13)26-12-25-17)19(24)9-16-11-27-20(22-16)14-3-2-4-15(21)8-14/h2-8,11H,9-10,12H2,1H3. The summed E-state index contributed by atoms with van der Waals surface area (Å²) in [5.74, 6) is 1.50. The number of hydrogen-bond acceptors (Lipinski definition) is 5. The maximum atomic E-state index is 12.6. The molecule has 2 aromatic carbocycles. The molecule has 3 aromatic rings. The molecule has 0 bridgehead atoms. The van der Waals surface area contributed by atoms with Crippen molar-refractivity contribution in [1.29, 1.82) is 0 Å². The first-order valence-corrected chi connectivity index (χ1v) is 10.1. The third-order valence-corrected chi connectivity index (χ3v) is 5.67. The number of thiazole rings is 1. The van der Waals surface area contributed by atoms with E-state index in [2.05, 4.69) is 20.9 Å². The van der Waals surface area contributed by atoms with E-state index in [1.54, 1.807) is 23.3 Å². The minimum absolute atomic E-state index is 0.0266. The maximum absolute atomic E-state index is 12.6. The summed E-state index contributed by atoms with van der Waals surface area (Å²) in [5, 5.41) is 2.86. The van der Waals surface area contributed by atoms with Crippen molar-refractivity contribution in [1.82, 2.24) is 9.88 Å². The van der Waals surface area contributed by atoms with E-state index < -0.39 is 0 Å². The van der Waals surface area contributed by atoms with Crippen LogP contribution in [0.15, 0.2) is 52.3 Å². The number of hydrogen-bond donors (Lipinski definition) is 0. The Hall–Kier alpha value is -2.38. The molecule has 0 saturated heterocycles. The number of carbonyl (C=O) groups is 1. The van der Waals surface area contributed by atoms with E-state index in [0.717, 1.165) is 37.8 Å². The van der Waals surface area contributed by atoms with Gasteiger partial charge in [-0.3, -0.25) is 4.79 Å². The van der Waals surface area contributed by atoms with Gasteiger partial charge in [0.15, 0.2) is 11.5 Å². The molecule has 1 aliphatic rings. The molecule has 0 atom stereocenters. The SMILES string of the molecule is CN(Cc1ccc2c(c1)OCO2)C(=O)Cc1csc(-c2cccc(Br)c2)n1. The van der Waals surface area contributed by atoms with Crippen LogP contribution in [0.3, 0.4) is 0 Å². The van der Waals surface area contributed by atoms with Crippen LogP contribution in [0.4, 0.5) is 0 Å². The highest BCUT2D eigenvalue weighted by atomic mass is 79.9. The lowest BCUT2D eigenvalue weighted by atomic mass is 10.2. The summed E-state index contributed by atoms with van der Waals surface area (Å²) in [7, 11) is 1.80. The molecule has 4 rings (SSSR count). The Kier molecular flexibility index (Phi) is 5.13. The van der Waals surface area contributed by atoms with Gasteiger partial charge in [-0.15, -0.1) is 11.3 Å². The van der Waals surface area contributed by atoms with E-state index in [4.69, 9.17) is 9.47 Å². The summed E-state index contributed by atoms with van der Waals surface area (Å²) < 4.78 is 11.7. The van der Waals surface area contributed by atoms with Crippen molar-refractivity contribution in [3.05, 3.63) is 63.6 Å². The molecule has 27 heavy (non-hydrogen) atoms. The second kappa shape index (κ2) is 7.70. The fourth-order valence-electron chi connectivity index (χ4n) is 2.83. The number of ether oxygens (including phenoxy) is 2. The molecule has 0 fully saturated rings. The first-order valence-electron chi connectivity index (χ1n) is 8.41. The topological polar surface area (TPSA) is 51.7 Å². The molecule has 138 valence electrons. The summed E-state index contributed by atoms with van der Waals surface area (Å²) >= 11 is 5.02. The highest BCUT2D eigenvalue weighted by molar-refractivity contribution is 9.10. The van der Waals surface area contributed by atoms with Crippen LogP contribution in [-0.2, 0) is 17.8 Å². The number of rotatable bonds is 5. The summed E-state index contributed by atoms with van der Waals surface area (Å²) in [5.41, 5.74) is 2.84. The van der Waals surface area contributed by atoms with E-state index in [9.17, 15) is 4.79 Å². The highest BCUT2D eigenvalue weighted by Gasteiger charge is 2.16. The molecule has 0 unspecified atom stereocenters. The van der Waals surface area contributed by atoms with Crippen molar-refractivity contribution in [3.8, 4) is 22.1 Å². The van der Waals surface area contributed by atoms with Gasteiger partial charge in [0.05, 0.1) is 12.1 Å². The Morgan fingerprint density at radius 2 is 2.07 bits per heavy atom. The first-order chi connectivity index (χ1) is 13.1. The Labute approximate surface area is 169 Å². The fourth-order valence-corrected chi connectivity index (χ4v) is 4.05. The molecular formula is C20H17BrN2O3S. The molecule has 0 saturated carbocycles. The second-order valence-corrected chi connectivity index (χ2v) is 8.04. The smallest absolute Gasteiger partial charge is 0.231 e. The van der Waals surface area contributed by atoms with Gasteiger partial charge in [-0.25, -0.2) is 4.98 Å². The van der Waals surface area contributed by atoms with Crippen LogP contribution in [-0.4, -0.2) is 29.6 Å². The number of halogens is 1. The lowest BCUT2D eigenvalue weighted by Gasteiger charge is -2.17. The normalized spacial score (nSPS) is 12.2. The molecule has 1 amide bonds. The van der Waals surface area contributed by atoms with Crippen LogP contribution in [0.2, 0.25) is 0 Å². The van der Waals surface area contributed by atoms with Crippen molar-refractivity contribution in [2.24, 2.45) is 0 Å². The predicted molar refractivity (Wildman–Crippen MR) is 108 cm³/mol. The van der Waals surface area contributed by atoms with Crippen LogP contribution in [0.25, 0.3) is 10.6 Å². The molecule has 1 aliphatic heterocycles. The number of likely N-dealkylation sites (N-methyl/N-ethyl adjacent to an activating group) is 1. The van der Waals surface area contributed by atoms with Gasteiger partial charge in [-0.05, 0) is 29.8 Å². The van der Waals surface area contributed by atoms with Gasteiger partial charge >= 0.3 is 0 Å². The lowest BCUT2D eigenvalue weighted by molar-refractivity contribution is -0.129. The van der Waals surface area contributed by atoms with Gasteiger partial charge in [0.1, 0.15) is 5.01 Å². The summed E-state index contributed by atoms with van der Waals surface area (Å²) in [6.07, 6.45) is 0.283. The van der Waals surface area contributed by atoms with Crippen LogP contribution in [0, 0.1) is 0 Å². The van der Waals surface area contributed by atoms with Crippen molar-refractivity contribution in [2.75, 3.05) is 13.8 Å². The molecule has 7 heteroatoms. The first kappa shape index (κ1) is 18.0. The van der Waals surface area contributed by atoms with E-state index in [-0.39, 0.29) is 19.1 Å². The lowest BCUT2D eigenvalue weighted by Crippen LogP contribution is -2.27. The zero-order valence-electron chi connectivity index (χ0n) is 14.6. The molecule has 0 aliphatic carbocycles. The van der Waals surface area contributed by atoms with Gasteiger partial charge in [-0.2, -0.15) is 0 Å². The van der Waals surface area contributed by atoms with Crippen molar-refractivity contribution in [2.45, 2.75) is 13.0 Å². The van der Waals surface area contributed by atoms with Crippen LogP contribution in [0.5, 0.6) is 11.5 Å². The Morgan fingerprint density at radius 3 is 2.93 bits per heavy atom. The van der Waals surface area contributed by atoms with E-state index in [1.165, 1.54) is 0 Å². The van der Waals surface area contributed by atoms with Gasteiger partial charge in [0.2, 0.25) is 12.7 Å². The molecule has 0 radical (unpaired) electrons. The highest BCUT2D eigenvalue weighted by Crippen LogP contribution is 2.33. The quantitative estimate of drug-likeness (QED) is 0.580. The number of nitrogens with zero attached hydrogens (tertiary/aromatic N) is 2. The van der Waals surface area contributed by atoms with Crippen molar-refractivity contribution >= 4 is 33.2 Å². The summed E-state index contributed by atoms with van der Waals surface area (Å²) in [4.78, 5) is 18.9. The van der Waals surface area contributed by atoms with Gasteiger partial charge < -0.3 is 14.4 Å². The van der Waals surface area contributed by atoms with Gasteiger partial charge in [0.25, 0.3) is 0 Å². The third-order valence-electron chi connectivity index (χ3n) is 4.24. The van der Waals surface area contributed by atoms with E-state index in [0.29, 0.717) is 6.54 Å². The molecule has 0 N–H and O–H groups in total. The zero-order chi connectivity index (χ0) is 18.8. The zero-order valence-corrected chi connectivity index (χ0v) is 17.0. The average molecular weight is 445 g/mol. The van der Waals surface area contributed by atoms with Crippen LogP contribution >= 0.6 is 27.3 Å². The second-order valence-electron chi connectivity index (χ2n) is 6.27. The Bertz CT molecular complexity index is 989. The van der Waals surface area contributed by atoms with Crippen molar-refractivity contribution in [3.63, 3.8) is 0 Å². The van der Waals surface area contributed by atoms with Crippen LogP contribution < -0.4 is 9.47 Å². The Morgan fingerprint density at radius 1 is 1.22 bits per heavy atom. The number of benzene rings is 2. The Balaban J connectivity index is 1.40. The summed E-state index contributed by atoms with van der Waals surface area (Å²) in [6.45, 7) is 0.760. The minimum atomic E-state index is 0.0266. The predicted octanol–water partition coefficient (Wildman–Crippen LogP) is 4.50. The van der Waals surface area contributed by atoms with Crippen molar-refractivity contribution < 1.29 is 14.3 Å². The fraction of sp³-hybridized carbons (Fsp3) is 0.200. The van der Waals surface area contributed by atoms with Crippen LogP contribution in [0.1, 0.15) is 11.3 Å². The molecule has 5 nitrogen and oxygen atoms in total. The monoisotopic (exact) mass is 444 g/mol. The summed E-state index contributed by atoms with van der Waals surface area (Å²) in [6, 6.07) is 13.7. The number of aromatic nitrogens is 1. The molecule has 2 heterocycles.